The molecule has 6 nitrogen and oxygen atoms in total. The van der Waals surface area contributed by atoms with Crippen LogP contribution in [0.5, 0.6) is 11.5 Å². The van der Waals surface area contributed by atoms with Gasteiger partial charge in [-0.1, -0.05) is 6.07 Å². The molecule has 0 unspecified atom stereocenters. The van der Waals surface area contributed by atoms with Crippen LogP contribution >= 0.6 is 0 Å². The zero-order chi connectivity index (χ0) is 22.3. The third-order valence-corrected chi connectivity index (χ3v) is 5.93. The zero-order valence-electron chi connectivity index (χ0n) is 19.1. The number of rotatable bonds is 7. The molecule has 0 aliphatic heterocycles. The van der Waals surface area contributed by atoms with Crippen molar-refractivity contribution in [2.24, 2.45) is 0 Å². The molecule has 4 aromatic rings. The number of H-pyrrole nitrogens is 2. The molecule has 4 N–H and O–H groups in total. The van der Waals surface area contributed by atoms with Gasteiger partial charge in [0.15, 0.2) is 0 Å². The SMILES string of the molecule is CN(C)CCc1c[nH]c2c(-c3[nH]c4cccc(O)c4c3CC[N+](C)(C)C)ccc(O)c12. The summed E-state index contributed by atoms with van der Waals surface area (Å²) in [4.78, 5) is 9.11. The maximum Gasteiger partial charge on any atom is 0.125 e. The molecule has 0 amide bonds. The Morgan fingerprint density at radius 1 is 0.935 bits per heavy atom. The molecule has 0 fully saturated rings. The highest BCUT2D eigenvalue weighted by molar-refractivity contribution is 6.03. The summed E-state index contributed by atoms with van der Waals surface area (Å²) >= 11 is 0. The van der Waals surface area contributed by atoms with E-state index in [2.05, 4.69) is 50.1 Å². The van der Waals surface area contributed by atoms with E-state index in [9.17, 15) is 10.2 Å². The van der Waals surface area contributed by atoms with E-state index in [4.69, 9.17) is 0 Å². The van der Waals surface area contributed by atoms with E-state index >= 15 is 0 Å². The van der Waals surface area contributed by atoms with E-state index in [0.29, 0.717) is 11.5 Å². The van der Waals surface area contributed by atoms with Gasteiger partial charge in [0.1, 0.15) is 11.5 Å². The van der Waals surface area contributed by atoms with Crippen LogP contribution < -0.4 is 0 Å². The molecule has 0 spiro atoms. The molecule has 6 heteroatoms. The van der Waals surface area contributed by atoms with Crippen molar-refractivity contribution in [1.82, 2.24) is 14.9 Å². The molecule has 0 bridgehead atoms. The molecule has 0 atom stereocenters. The number of aromatic hydroxyl groups is 2. The molecular formula is C25H33N4O2+. The van der Waals surface area contributed by atoms with Gasteiger partial charge in [0, 0.05) is 41.0 Å². The molecule has 0 aliphatic rings. The summed E-state index contributed by atoms with van der Waals surface area (Å²) in [5.41, 5.74) is 6.07. The van der Waals surface area contributed by atoms with Gasteiger partial charge >= 0.3 is 0 Å². The van der Waals surface area contributed by atoms with E-state index in [1.54, 1.807) is 12.1 Å². The van der Waals surface area contributed by atoms with Gasteiger partial charge in [0.05, 0.1) is 38.9 Å². The first-order chi connectivity index (χ1) is 14.7. The largest absolute Gasteiger partial charge is 0.507 e. The highest BCUT2D eigenvalue weighted by Gasteiger charge is 2.22. The number of fused-ring (bicyclic) bond motifs is 2. The van der Waals surface area contributed by atoms with Crippen molar-refractivity contribution in [1.29, 1.82) is 0 Å². The number of quaternary nitrogens is 1. The second kappa shape index (κ2) is 7.94. The van der Waals surface area contributed by atoms with Crippen molar-refractivity contribution >= 4 is 21.8 Å². The Kier molecular flexibility index (Phi) is 5.45. The van der Waals surface area contributed by atoms with Crippen LogP contribution in [0.3, 0.4) is 0 Å². The van der Waals surface area contributed by atoms with E-state index < -0.39 is 0 Å². The van der Waals surface area contributed by atoms with Crippen LogP contribution in [0.15, 0.2) is 36.5 Å². The fourth-order valence-electron chi connectivity index (χ4n) is 4.27. The van der Waals surface area contributed by atoms with Gasteiger partial charge in [-0.15, -0.1) is 0 Å². The Morgan fingerprint density at radius 2 is 1.68 bits per heavy atom. The highest BCUT2D eigenvalue weighted by atomic mass is 16.3. The minimum Gasteiger partial charge on any atom is -0.507 e. The quantitative estimate of drug-likeness (QED) is 0.340. The lowest BCUT2D eigenvalue weighted by Crippen LogP contribution is -2.36. The average Bonchev–Trinajstić information content (AvgIpc) is 3.27. The van der Waals surface area contributed by atoms with Crippen molar-refractivity contribution < 1.29 is 14.7 Å². The number of benzene rings is 2. The first kappa shape index (κ1) is 21.3. The average molecular weight is 422 g/mol. The fourth-order valence-corrected chi connectivity index (χ4v) is 4.27. The normalized spacial score (nSPS) is 12.5. The Labute approximate surface area is 183 Å². The number of aromatic amines is 2. The van der Waals surface area contributed by atoms with Gasteiger partial charge in [-0.05, 0) is 55.9 Å². The number of likely N-dealkylation sites (N-methyl/N-ethyl adjacent to an activating group) is 2. The molecule has 0 radical (unpaired) electrons. The highest BCUT2D eigenvalue weighted by Crippen LogP contribution is 2.41. The van der Waals surface area contributed by atoms with E-state index in [-0.39, 0.29) is 0 Å². The van der Waals surface area contributed by atoms with Crippen molar-refractivity contribution in [2.75, 3.05) is 48.3 Å². The van der Waals surface area contributed by atoms with Gasteiger partial charge in [-0.25, -0.2) is 0 Å². The summed E-state index contributed by atoms with van der Waals surface area (Å²) in [6, 6.07) is 9.35. The van der Waals surface area contributed by atoms with Crippen LogP contribution in [0.25, 0.3) is 33.1 Å². The van der Waals surface area contributed by atoms with E-state index in [1.807, 2.05) is 24.4 Å². The van der Waals surface area contributed by atoms with Crippen LogP contribution in [0.1, 0.15) is 11.1 Å². The summed E-state index contributed by atoms with van der Waals surface area (Å²) in [5.74, 6) is 0.588. The zero-order valence-corrected chi connectivity index (χ0v) is 19.1. The van der Waals surface area contributed by atoms with Gasteiger partial charge in [-0.2, -0.15) is 0 Å². The van der Waals surface area contributed by atoms with Crippen LogP contribution in [0.2, 0.25) is 0 Å². The molecule has 31 heavy (non-hydrogen) atoms. The topological polar surface area (TPSA) is 75.3 Å². The summed E-state index contributed by atoms with van der Waals surface area (Å²) in [7, 11) is 10.6. The molecule has 2 aromatic carbocycles. The second-order valence-electron chi connectivity index (χ2n) is 9.69. The molecule has 4 rings (SSSR count). The van der Waals surface area contributed by atoms with Gasteiger partial charge in [0.25, 0.3) is 0 Å². The standard InChI is InChI=1S/C25H32N4O2/c1-28(2)13-11-16-15-26-25-18(9-10-21(31)22(16)25)24-17(12-14-29(3,4)5)23-19(27-24)7-6-8-20(23)30/h6-10,15,26-27H,11-14H2,1-5H3,(H-,30,31)/p+1. The Bertz CT molecular complexity index is 1230. The van der Waals surface area contributed by atoms with Gasteiger partial charge in [-0.3, -0.25) is 0 Å². The monoisotopic (exact) mass is 421 g/mol. The van der Waals surface area contributed by atoms with Crippen LogP contribution in [-0.2, 0) is 12.8 Å². The molecule has 0 saturated heterocycles. The second-order valence-corrected chi connectivity index (χ2v) is 9.69. The predicted molar refractivity (Wildman–Crippen MR) is 128 cm³/mol. The number of aromatic nitrogens is 2. The first-order valence-electron chi connectivity index (χ1n) is 10.8. The number of phenolic OH excluding ortho intramolecular Hbond substituents is 2. The van der Waals surface area contributed by atoms with Crippen LogP contribution in [-0.4, -0.2) is 77.9 Å². The molecule has 2 aromatic heterocycles. The third kappa shape index (κ3) is 4.13. The summed E-state index contributed by atoms with van der Waals surface area (Å²) < 4.78 is 0.835. The summed E-state index contributed by atoms with van der Waals surface area (Å²) in [6.45, 7) is 1.85. The number of nitrogens with zero attached hydrogens (tertiary/aromatic N) is 2. The number of hydrogen-bond acceptors (Lipinski definition) is 3. The third-order valence-electron chi connectivity index (χ3n) is 5.93. The fraction of sp³-hybridized carbons (Fsp3) is 0.360. The smallest absolute Gasteiger partial charge is 0.125 e. The van der Waals surface area contributed by atoms with Crippen molar-refractivity contribution in [3.63, 3.8) is 0 Å². The maximum absolute atomic E-state index is 10.7. The lowest BCUT2D eigenvalue weighted by Gasteiger charge is -2.24. The minimum atomic E-state index is 0.292. The van der Waals surface area contributed by atoms with Crippen molar-refractivity contribution in [3.05, 3.63) is 47.7 Å². The van der Waals surface area contributed by atoms with E-state index in [1.165, 1.54) is 0 Å². The summed E-state index contributed by atoms with van der Waals surface area (Å²) in [6.07, 6.45) is 3.68. The predicted octanol–water partition coefficient (Wildman–Crippen LogP) is 4.08. The number of phenols is 2. The van der Waals surface area contributed by atoms with Crippen molar-refractivity contribution in [2.45, 2.75) is 12.8 Å². The maximum atomic E-state index is 10.7. The lowest BCUT2D eigenvalue weighted by molar-refractivity contribution is -0.870. The van der Waals surface area contributed by atoms with E-state index in [0.717, 1.165) is 74.6 Å². The number of hydrogen-bond donors (Lipinski definition) is 4. The van der Waals surface area contributed by atoms with Crippen LogP contribution in [0.4, 0.5) is 0 Å². The summed E-state index contributed by atoms with van der Waals surface area (Å²) in [5, 5.41) is 23.1. The minimum absolute atomic E-state index is 0.292. The molecule has 0 saturated carbocycles. The lowest BCUT2D eigenvalue weighted by atomic mass is 9.98. The first-order valence-corrected chi connectivity index (χ1v) is 10.8. The molecular weight excluding hydrogens is 388 g/mol. The van der Waals surface area contributed by atoms with Crippen LogP contribution in [0, 0.1) is 0 Å². The van der Waals surface area contributed by atoms with Gasteiger partial charge in [0.2, 0.25) is 0 Å². The molecule has 164 valence electrons. The molecule has 0 aliphatic carbocycles. The Hall–Kier alpha value is -2.96. The number of nitrogens with one attached hydrogen (secondary N) is 2. The van der Waals surface area contributed by atoms with Gasteiger partial charge < -0.3 is 29.6 Å². The Morgan fingerprint density at radius 3 is 2.39 bits per heavy atom. The molecule has 2 heterocycles. The Balaban J connectivity index is 1.90. The van der Waals surface area contributed by atoms with Crippen molar-refractivity contribution in [3.8, 4) is 22.8 Å².